The van der Waals surface area contributed by atoms with E-state index in [1.807, 2.05) is 18.2 Å². The fourth-order valence-corrected chi connectivity index (χ4v) is 3.61. The first-order valence-corrected chi connectivity index (χ1v) is 11.6. The van der Waals surface area contributed by atoms with Crippen molar-refractivity contribution in [3.8, 4) is 0 Å². The first-order chi connectivity index (χ1) is 17.1. The largest absolute Gasteiger partial charge is 0.480 e. The topological polar surface area (TPSA) is 230 Å². The number of thiol groups is 1. The lowest BCUT2D eigenvalue weighted by Gasteiger charge is -2.24. The average molecular weight is 523 g/mol. The van der Waals surface area contributed by atoms with Gasteiger partial charge in [0.1, 0.15) is 18.1 Å². The number of aliphatic hydroxyl groups is 1. The molecule has 1 aromatic carbocycles. The summed E-state index contributed by atoms with van der Waals surface area (Å²) < 4.78 is 0. The summed E-state index contributed by atoms with van der Waals surface area (Å²) in [6.45, 7) is -0.810. The summed E-state index contributed by atoms with van der Waals surface area (Å²) in [5.41, 5.74) is 12.2. The third-order valence-corrected chi connectivity index (χ3v) is 5.75. The number of hydrogen-bond donors (Lipinski definition) is 9. The smallest absolute Gasteiger partial charge is 0.327 e. The van der Waals surface area contributed by atoms with Gasteiger partial charge in [0.05, 0.1) is 12.6 Å². The van der Waals surface area contributed by atoms with Gasteiger partial charge in [0.2, 0.25) is 23.6 Å². The molecular weight excluding hydrogens is 492 g/mol. The van der Waals surface area contributed by atoms with E-state index < -0.39 is 60.4 Å². The predicted octanol–water partition coefficient (Wildman–Crippen LogP) is -2.24. The Morgan fingerprint density at radius 2 is 1.58 bits per heavy atom. The number of aliphatic carboxylic acids is 1. The number of H-pyrrole nitrogens is 1. The lowest BCUT2D eigenvalue weighted by atomic mass is 10.0. The summed E-state index contributed by atoms with van der Waals surface area (Å²) in [6, 6.07) is 2.08. The molecule has 0 aliphatic carbocycles. The number of primary amides is 1. The molecule has 4 amide bonds. The molecule has 2 rings (SSSR count). The molecule has 4 atom stereocenters. The van der Waals surface area contributed by atoms with Crippen LogP contribution in [0.15, 0.2) is 30.5 Å². The van der Waals surface area contributed by atoms with E-state index in [9.17, 15) is 34.2 Å². The Morgan fingerprint density at radius 1 is 0.972 bits per heavy atom. The van der Waals surface area contributed by atoms with Crippen molar-refractivity contribution in [3.05, 3.63) is 36.0 Å². The molecule has 13 nitrogen and oxygen atoms in total. The van der Waals surface area contributed by atoms with Gasteiger partial charge in [0.15, 0.2) is 0 Å². The molecule has 1 heterocycles. The van der Waals surface area contributed by atoms with Crippen molar-refractivity contribution in [1.29, 1.82) is 0 Å². The molecule has 36 heavy (non-hydrogen) atoms. The van der Waals surface area contributed by atoms with E-state index >= 15 is 0 Å². The van der Waals surface area contributed by atoms with Crippen LogP contribution in [0.5, 0.6) is 0 Å². The minimum atomic E-state index is -1.46. The van der Waals surface area contributed by atoms with Crippen LogP contribution < -0.4 is 27.4 Å². The van der Waals surface area contributed by atoms with E-state index in [1.54, 1.807) is 12.3 Å². The first kappa shape index (κ1) is 28.6. The van der Waals surface area contributed by atoms with Crippen LogP contribution in [0.1, 0.15) is 18.4 Å². The first-order valence-electron chi connectivity index (χ1n) is 11.0. The van der Waals surface area contributed by atoms with Gasteiger partial charge >= 0.3 is 5.97 Å². The van der Waals surface area contributed by atoms with E-state index in [-0.39, 0.29) is 25.0 Å². The summed E-state index contributed by atoms with van der Waals surface area (Å²) in [7, 11) is 0. The minimum Gasteiger partial charge on any atom is -0.480 e. The minimum absolute atomic E-state index is 0.0231. The quantitative estimate of drug-likeness (QED) is 0.123. The number of hydrogen-bond acceptors (Lipinski definition) is 8. The highest BCUT2D eigenvalue weighted by Gasteiger charge is 2.30. The molecule has 10 N–H and O–H groups in total. The fraction of sp³-hybridized carbons (Fsp3) is 0.409. The van der Waals surface area contributed by atoms with Crippen molar-refractivity contribution in [2.24, 2.45) is 11.5 Å². The maximum Gasteiger partial charge on any atom is 0.327 e. The molecule has 0 saturated heterocycles. The van der Waals surface area contributed by atoms with Crippen molar-refractivity contribution >= 4 is 53.1 Å². The molecule has 0 aliphatic heterocycles. The number of benzene rings is 1. The number of nitrogens with two attached hydrogens (primary N) is 2. The van der Waals surface area contributed by atoms with Crippen molar-refractivity contribution in [1.82, 2.24) is 20.9 Å². The van der Waals surface area contributed by atoms with Gasteiger partial charge in [-0.05, 0) is 18.1 Å². The fourth-order valence-electron chi connectivity index (χ4n) is 3.36. The predicted molar refractivity (Wildman–Crippen MR) is 133 cm³/mol. The van der Waals surface area contributed by atoms with Crippen LogP contribution in [0, 0.1) is 0 Å². The normalized spacial score (nSPS) is 14.3. The highest BCUT2D eigenvalue weighted by atomic mass is 32.1. The Labute approximate surface area is 211 Å². The highest BCUT2D eigenvalue weighted by molar-refractivity contribution is 7.80. The summed E-state index contributed by atoms with van der Waals surface area (Å²) in [5, 5.41) is 26.8. The summed E-state index contributed by atoms with van der Waals surface area (Å²) in [6.07, 6.45) is 1.43. The Balaban J connectivity index is 2.20. The lowest BCUT2D eigenvalue weighted by Crippen LogP contribution is -2.58. The van der Waals surface area contributed by atoms with E-state index in [0.29, 0.717) is 5.56 Å². The second kappa shape index (κ2) is 13.5. The Kier molecular flexibility index (Phi) is 10.7. The summed E-state index contributed by atoms with van der Waals surface area (Å²) >= 11 is 3.93. The number of carboxylic acids is 1. The third-order valence-electron chi connectivity index (χ3n) is 5.38. The number of para-hydroxylation sites is 1. The molecular formula is C22H30N6O7S. The Bertz CT molecular complexity index is 1110. The van der Waals surface area contributed by atoms with Gasteiger partial charge in [0, 0.05) is 35.7 Å². The molecule has 0 bridgehead atoms. The molecule has 4 unspecified atom stereocenters. The van der Waals surface area contributed by atoms with Gasteiger partial charge in [-0.1, -0.05) is 18.2 Å². The SMILES string of the molecule is NC(=O)CCC(N)C(=O)NC(CO)C(=O)NC(Cc1c[nH]c2ccccc12)C(=O)NC(CS)C(=O)O. The van der Waals surface area contributed by atoms with E-state index in [0.717, 1.165) is 10.9 Å². The van der Waals surface area contributed by atoms with Gasteiger partial charge in [0.25, 0.3) is 0 Å². The van der Waals surface area contributed by atoms with Gasteiger partial charge in [-0.2, -0.15) is 12.6 Å². The zero-order valence-electron chi connectivity index (χ0n) is 19.3. The van der Waals surface area contributed by atoms with Crippen LogP contribution in [-0.4, -0.2) is 81.3 Å². The number of fused-ring (bicyclic) bond motifs is 1. The number of rotatable bonds is 14. The van der Waals surface area contributed by atoms with E-state index in [1.165, 1.54) is 0 Å². The molecule has 1 aromatic heterocycles. The van der Waals surface area contributed by atoms with Crippen LogP contribution in [-0.2, 0) is 30.4 Å². The molecule has 0 spiro atoms. The monoisotopic (exact) mass is 522 g/mol. The van der Waals surface area contributed by atoms with Crippen LogP contribution >= 0.6 is 12.6 Å². The number of carboxylic acid groups (broad SMARTS) is 1. The number of aromatic nitrogens is 1. The standard InChI is InChI=1S/C22H30N6O7S/c23-13(5-6-18(24)30)19(31)27-16(9-29)21(33)26-15(20(32)28-17(10-36)22(34)35)7-11-8-25-14-4-2-1-3-12(11)14/h1-4,8,13,15-17,25,29,36H,5-7,9-10,23H2,(H2,24,30)(H,26,33)(H,27,31)(H,28,32)(H,34,35). The number of aromatic amines is 1. The second-order valence-corrected chi connectivity index (χ2v) is 8.43. The van der Waals surface area contributed by atoms with Crippen LogP contribution in [0.3, 0.4) is 0 Å². The average Bonchev–Trinajstić information content (AvgIpc) is 3.25. The molecule has 0 saturated carbocycles. The molecule has 0 aliphatic rings. The molecule has 196 valence electrons. The highest BCUT2D eigenvalue weighted by Crippen LogP contribution is 2.19. The molecule has 2 aromatic rings. The van der Waals surface area contributed by atoms with Crippen molar-refractivity contribution in [2.75, 3.05) is 12.4 Å². The second-order valence-electron chi connectivity index (χ2n) is 8.06. The number of nitrogens with one attached hydrogen (secondary N) is 4. The lowest BCUT2D eigenvalue weighted by molar-refractivity contribution is -0.141. The van der Waals surface area contributed by atoms with Crippen LogP contribution in [0.4, 0.5) is 0 Å². The molecule has 14 heteroatoms. The summed E-state index contributed by atoms with van der Waals surface area (Å²) in [4.78, 5) is 63.4. The van der Waals surface area contributed by atoms with E-state index in [2.05, 4.69) is 33.6 Å². The maximum absolute atomic E-state index is 13.0. The number of carbonyl (C=O) groups excluding carboxylic acids is 4. The molecule has 0 fully saturated rings. The maximum atomic E-state index is 13.0. The zero-order chi connectivity index (χ0) is 26.8. The van der Waals surface area contributed by atoms with Crippen LogP contribution in [0.25, 0.3) is 10.9 Å². The zero-order valence-corrected chi connectivity index (χ0v) is 20.2. The van der Waals surface area contributed by atoms with Crippen molar-refractivity contribution in [3.63, 3.8) is 0 Å². The Hall–Kier alpha value is -3.62. The number of aliphatic hydroxyl groups excluding tert-OH is 1. The number of carbonyl (C=O) groups is 5. The molecule has 0 radical (unpaired) electrons. The van der Waals surface area contributed by atoms with Gasteiger partial charge < -0.3 is 42.6 Å². The van der Waals surface area contributed by atoms with Gasteiger partial charge in [-0.3, -0.25) is 19.2 Å². The third kappa shape index (κ3) is 7.96. The van der Waals surface area contributed by atoms with Gasteiger partial charge in [-0.15, -0.1) is 0 Å². The number of amides is 4. The van der Waals surface area contributed by atoms with Crippen LogP contribution in [0.2, 0.25) is 0 Å². The van der Waals surface area contributed by atoms with Crippen molar-refractivity contribution in [2.45, 2.75) is 43.4 Å². The Morgan fingerprint density at radius 3 is 2.19 bits per heavy atom. The van der Waals surface area contributed by atoms with Crippen molar-refractivity contribution < 1.29 is 34.2 Å². The summed E-state index contributed by atoms with van der Waals surface area (Å²) in [5.74, 6) is -4.64. The van der Waals surface area contributed by atoms with Gasteiger partial charge in [-0.25, -0.2) is 4.79 Å². The van der Waals surface area contributed by atoms with E-state index in [4.69, 9.17) is 11.5 Å².